The van der Waals surface area contributed by atoms with Crippen LogP contribution < -0.4 is 15.4 Å². The van der Waals surface area contributed by atoms with E-state index < -0.39 is 17.1 Å². The van der Waals surface area contributed by atoms with Crippen LogP contribution in [0.25, 0.3) is 0 Å². The van der Waals surface area contributed by atoms with Crippen LogP contribution in [0.3, 0.4) is 0 Å². The van der Waals surface area contributed by atoms with E-state index in [1.165, 1.54) is 18.9 Å². The van der Waals surface area contributed by atoms with Crippen molar-refractivity contribution >= 4 is 52.5 Å². The number of carboxylic acids is 1. The molecular weight excluding hydrogens is 428 g/mol. The zero-order valence-electron chi connectivity index (χ0n) is 16.3. The fourth-order valence-corrected chi connectivity index (χ4v) is 3.64. The largest absolute Gasteiger partial charge is 0.495 e. The second kappa shape index (κ2) is 11.3. The summed E-state index contributed by atoms with van der Waals surface area (Å²) in [5.41, 5.74) is 0.979. The van der Waals surface area contributed by atoms with Crippen LogP contribution in [0.15, 0.2) is 59.5 Å². The molecule has 0 heterocycles. The Hall–Kier alpha value is -2.97. The van der Waals surface area contributed by atoms with Gasteiger partial charge in [-0.3, -0.25) is 9.59 Å². The number of methoxy groups -OCH3 is 1. The zero-order chi connectivity index (χ0) is 22.1. The highest BCUT2D eigenvalue weighted by molar-refractivity contribution is 8.00. The quantitative estimate of drug-likeness (QED) is 0.387. The molecule has 7 nitrogen and oxygen atoms in total. The van der Waals surface area contributed by atoms with Gasteiger partial charge in [-0.1, -0.05) is 24.6 Å². The molecule has 158 valence electrons. The number of rotatable bonds is 9. The fourth-order valence-electron chi connectivity index (χ4n) is 2.46. The van der Waals surface area contributed by atoms with E-state index in [-0.39, 0.29) is 5.91 Å². The van der Waals surface area contributed by atoms with E-state index in [1.54, 1.807) is 36.4 Å². The fraction of sp³-hybridized carbons (Fsp3) is 0.190. The van der Waals surface area contributed by atoms with E-state index in [1.807, 2.05) is 13.0 Å². The summed E-state index contributed by atoms with van der Waals surface area (Å²) in [4.78, 5) is 35.8. The summed E-state index contributed by atoms with van der Waals surface area (Å²) in [5, 5.41) is 14.1. The van der Waals surface area contributed by atoms with Crippen LogP contribution in [-0.4, -0.2) is 35.2 Å². The normalized spacial score (nSPS) is 11.7. The van der Waals surface area contributed by atoms with E-state index in [2.05, 4.69) is 10.6 Å². The lowest BCUT2D eigenvalue weighted by Crippen LogP contribution is -2.24. The summed E-state index contributed by atoms with van der Waals surface area (Å²) in [7, 11) is 1.51. The van der Waals surface area contributed by atoms with Gasteiger partial charge in [0.1, 0.15) is 5.75 Å². The van der Waals surface area contributed by atoms with Gasteiger partial charge in [-0.2, -0.15) is 0 Å². The first kappa shape index (κ1) is 23.3. The number of nitrogens with one attached hydrogen (secondary N) is 2. The average molecular weight is 449 g/mol. The molecule has 2 rings (SSSR count). The Bertz CT molecular complexity index is 964. The van der Waals surface area contributed by atoms with E-state index in [9.17, 15) is 14.4 Å². The van der Waals surface area contributed by atoms with Gasteiger partial charge >= 0.3 is 5.97 Å². The molecule has 0 spiro atoms. The Morgan fingerprint density at radius 3 is 2.60 bits per heavy atom. The predicted octanol–water partition coefficient (Wildman–Crippen LogP) is 4.44. The molecule has 0 fully saturated rings. The topological polar surface area (TPSA) is 105 Å². The van der Waals surface area contributed by atoms with E-state index in [0.29, 0.717) is 28.6 Å². The van der Waals surface area contributed by atoms with E-state index >= 15 is 0 Å². The van der Waals surface area contributed by atoms with Crippen molar-refractivity contribution in [3.05, 3.63) is 59.6 Å². The van der Waals surface area contributed by atoms with Gasteiger partial charge in [0.2, 0.25) is 11.8 Å². The maximum absolute atomic E-state index is 12.8. The van der Waals surface area contributed by atoms with Crippen molar-refractivity contribution in [2.45, 2.75) is 23.5 Å². The minimum Gasteiger partial charge on any atom is -0.495 e. The number of aliphatic carboxylic acids is 1. The third kappa shape index (κ3) is 7.13. The Morgan fingerprint density at radius 2 is 1.93 bits per heavy atom. The summed E-state index contributed by atoms with van der Waals surface area (Å²) in [6, 6.07) is 11.9. The molecule has 0 aliphatic heterocycles. The molecular formula is C21H21ClN2O5S. The summed E-state index contributed by atoms with van der Waals surface area (Å²) in [5.74, 6) is -1.46. The Balaban J connectivity index is 2.08. The average Bonchev–Trinajstić information content (AvgIpc) is 2.71. The number of ether oxygens (including phenoxy) is 1. The Morgan fingerprint density at radius 1 is 1.17 bits per heavy atom. The van der Waals surface area contributed by atoms with Gasteiger partial charge < -0.3 is 20.5 Å². The predicted molar refractivity (Wildman–Crippen MR) is 118 cm³/mol. The monoisotopic (exact) mass is 448 g/mol. The first-order chi connectivity index (χ1) is 14.3. The molecule has 1 unspecified atom stereocenters. The van der Waals surface area contributed by atoms with Crippen LogP contribution in [0.2, 0.25) is 5.02 Å². The molecule has 2 amide bonds. The first-order valence-electron chi connectivity index (χ1n) is 8.95. The number of carbonyl (C=O) groups is 3. The maximum atomic E-state index is 12.8. The molecule has 0 bridgehead atoms. The van der Waals surface area contributed by atoms with Crippen molar-refractivity contribution < 1.29 is 24.2 Å². The van der Waals surface area contributed by atoms with Crippen molar-refractivity contribution in [3.8, 4) is 5.75 Å². The lowest BCUT2D eigenvalue weighted by atomic mass is 10.2. The molecule has 0 radical (unpaired) electrons. The SMILES string of the molecule is CCC(Sc1cccc(NC(=O)/C=C/C(=O)O)c1)C(=O)Nc1cc(Cl)ccc1OC. The van der Waals surface area contributed by atoms with Crippen molar-refractivity contribution in [3.63, 3.8) is 0 Å². The molecule has 0 saturated heterocycles. The molecule has 0 saturated carbocycles. The molecule has 1 atom stereocenters. The summed E-state index contributed by atoms with van der Waals surface area (Å²) in [6.07, 6.45) is 2.26. The smallest absolute Gasteiger partial charge is 0.328 e. The lowest BCUT2D eigenvalue weighted by molar-refractivity contribution is -0.131. The number of carbonyl (C=O) groups excluding carboxylic acids is 2. The van der Waals surface area contributed by atoms with Gasteiger partial charge in [0, 0.05) is 27.8 Å². The van der Waals surface area contributed by atoms with Crippen molar-refractivity contribution in [1.29, 1.82) is 0 Å². The molecule has 0 aliphatic rings. The second-order valence-corrected chi connectivity index (χ2v) is 7.75. The number of halogens is 1. The van der Waals surface area contributed by atoms with Gasteiger partial charge in [-0.15, -0.1) is 11.8 Å². The highest BCUT2D eigenvalue weighted by Gasteiger charge is 2.20. The standard InChI is InChI=1S/C21H21ClN2O5S/c1-3-18(21(28)24-16-11-13(22)7-8-17(16)29-2)30-15-6-4-5-14(12-15)23-19(25)9-10-20(26)27/h4-12,18H,3H2,1-2H3,(H,23,25)(H,24,28)(H,26,27)/b10-9+. The van der Waals surface area contributed by atoms with Crippen molar-refractivity contribution in [2.24, 2.45) is 0 Å². The first-order valence-corrected chi connectivity index (χ1v) is 10.2. The molecule has 9 heteroatoms. The minimum absolute atomic E-state index is 0.207. The van der Waals surface area contributed by atoms with Crippen molar-refractivity contribution in [1.82, 2.24) is 0 Å². The Labute approximate surface area is 183 Å². The summed E-state index contributed by atoms with van der Waals surface area (Å²) in [6.45, 7) is 1.90. The molecule has 0 aromatic heterocycles. The van der Waals surface area contributed by atoms with E-state index in [0.717, 1.165) is 17.0 Å². The Kier molecular flexibility index (Phi) is 8.76. The van der Waals surface area contributed by atoms with Crippen LogP contribution in [0, 0.1) is 0 Å². The van der Waals surface area contributed by atoms with Gasteiger partial charge in [-0.05, 0) is 42.8 Å². The highest BCUT2D eigenvalue weighted by atomic mass is 35.5. The van der Waals surface area contributed by atoms with Crippen molar-refractivity contribution in [2.75, 3.05) is 17.7 Å². The minimum atomic E-state index is -1.21. The molecule has 3 N–H and O–H groups in total. The van der Waals surface area contributed by atoms with Crippen LogP contribution in [0.4, 0.5) is 11.4 Å². The third-order valence-corrected chi connectivity index (χ3v) is 5.43. The molecule has 0 aliphatic carbocycles. The number of hydrogen-bond donors (Lipinski definition) is 3. The maximum Gasteiger partial charge on any atom is 0.328 e. The summed E-state index contributed by atoms with van der Waals surface area (Å²) < 4.78 is 5.26. The number of benzene rings is 2. The second-order valence-electron chi connectivity index (χ2n) is 6.04. The van der Waals surface area contributed by atoms with Gasteiger partial charge in [0.25, 0.3) is 0 Å². The van der Waals surface area contributed by atoms with Crippen LogP contribution >= 0.6 is 23.4 Å². The zero-order valence-corrected chi connectivity index (χ0v) is 17.9. The molecule has 2 aromatic carbocycles. The van der Waals surface area contributed by atoms with Crippen LogP contribution in [0.1, 0.15) is 13.3 Å². The summed E-state index contributed by atoms with van der Waals surface area (Å²) >= 11 is 7.36. The number of amides is 2. The molecule has 2 aromatic rings. The number of thioether (sulfide) groups is 1. The highest BCUT2D eigenvalue weighted by Crippen LogP contribution is 2.31. The van der Waals surface area contributed by atoms with Crippen LogP contribution in [-0.2, 0) is 14.4 Å². The van der Waals surface area contributed by atoms with Gasteiger partial charge in [0.15, 0.2) is 0 Å². The van der Waals surface area contributed by atoms with Gasteiger partial charge in [0.05, 0.1) is 18.0 Å². The number of hydrogen-bond acceptors (Lipinski definition) is 5. The third-order valence-electron chi connectivity index (χ3n) is 3.84. The van der Waals surface area contributed by atoms with Gasteiger partial charge in [-0.25, -0.2) is 4.79 Å². The lowest BCUT2D eigenvalue weighted by Gasteiger charge is -2.17. The number of carboxylic acid groups (broad SMARTS) is 1. The number of anilines is 2. The van der Waals surface area contributed by atoms with E-state index in [4.69, 9.17) is 21.4 Å². The molecule has 30 heavy (non-hydrogen) atoms. The van der Waals surface area contributed by atoms with Crippen LogP contribution in [0.5, 0.6) is 5.75 Å².